The summed E-state index contributed by atoms with van der Waals surface area (Å²) in [5.74, 6) is -0.212. The Kier molecular flexibility index (Phi) is 6.12. The number of rotatable bonds is 7. The zero-order valence-corrected chi connectivity index (χ0v) is 11.1. The second kappa shape index (κ2) is 7.64. The van der Waals surface area contributed by atoms with E-state index in [0.29, 0.717) is 6.42 Å². The highest BCUT2D eigenvalue weighted by molar-refractivity contribution is 5.83. The standard InChI is InChI=1S/C15H20O3/c1-3-12-4-6-13(7-5-12)8-9-14(16)10-11-15(17)18-2/h4-7H,3,8-11H2,1-2H3. The van der Waals surface area contributed by atoms with Crippen molar-refractivity contribution in [2.45, 2.75) is 39.0 Å². The van der Waals surface area contributed by atoms with Gasteiger partial charge in [-0.25, -0.2) is 0 Å². The molecular weight excluding hydrogens is 228 g/mol. The van der Waals surface area contributed by atoms with Crippen LogP contribution in [0.15, 0.2) is 24.3 Å². The van der Waals surface area contributed by atoms with Crippen LogP contribution in [0, 0.1) is 0 Å². The molecule has 0 bridgehead atoms. The quantitative estimate of drug-likeness (QED) is 0.697. The molecule has 0 aliphatic rings. The molecule has 0 saturated heterocycles. The fourth-order valence-corrected chi connectivity index (χ4v) is 1.69. The van der Waals surface area contributed by atoms with Gasteiger partial charge in [0.05, 0.1) is 13.5 Å². The summed E-state index contributed by atoms with van der Waals surface area (Å²) in [7, 11) is 1.34. The average Bonchev–Trinajstić information content (AvgIpc) is 2.42. The number of Topliss-reactive ketones (excluding diaryl/α,β-unsaturated/α-hetero) is 1. The molecule has 0 radical (unpaired) electrons. The van der Waals surface area contributed by atoms with Crippen molar-refractivity contribution < 1.29 is 14.3 Å². The van der Waals surface area contributed by atoms with Crippen LogP contribution >= 0.6 is 0 Å². The third kappa shape index (κ3) is 5.13. The van der Waals surface area contributed by atoms with Crippen LogP contribution in [-0.4, -0.2) is 18.9 Å². The predicted octanol–water partition coefficient (Wildman–Crippen LogP) is 2.70. The average molecular weight is 248 g/mol. The Labute approximate surface area is 108 Å². The van der Waals surface area contributed by atoms with Gasteiger partial charge in [-0.05, 0) is 24.0 Å². The molecule has 1 aromatic rings. The van der Waals surface area contributed by atoms with E-state index in [-0.39, 0.29) is 24.6 Å². The third-order valence-electron chi connectivity index (χ3n) is 2.96. The normalized spacial score (nSPS) is 10.1. The number of esters is 1. The molecule has 98 valence electrons. The first-order valence-electron chi connectivity index (χ1n) is 6.32. The Bertz CT molecular complexity index is 393. The summed E-state index contributed by atoms with van der Waals surface area (Å²) in [5, 5.41) is 0. The Morgan fingerprint density at radius 1 is 1.00 bits per heavy atom. The van der Waals surface area contributed by atoms with Crippen LogP contribution < -0.4 is 0 Å². The van der Waals surface area contributed by atoms with Gasteiger partial charge in [-0.1, -0.05) is 31.2 Å². The fourth-order valence-electron chi connectivity index (χ4n) is 1.69. The topological polar surface area (TPSA) is 43.4 Å². The lowest BCUT2D eigenvalue weighted by molar-refractivity contribution is -0.141. The molecular formula is C15H20O3. The lowest BCUT2D eigenvalue weighted by Crippen LogP contribution is -2.06. The largest absolute Gasteiger partial charge is 0.469 e. The predicted molar refractivity (Wildman–Crippen MR) is 70.4 cm³/mol. The van der Waals surface area contributed by atoms with E-state index in [9.17, 15) is 9.59 Å². The summed E-state index contributed by atoms with van der Waals surface area (Å²) in [4.78, 5) is 22.4. The monoisotopic (exact) mass is 248 g/mol. The van der Waals surface area contributed by atoms with Crippen LogP contribution in [0.2, 0.25) is 0 Å². The van der Waals surface area contributed by atoms with Crippen LogP contribution in [0.5, 0.6) is 0 Å². The summed E-state index contributed by atoms with van der Waals surface area (Å²) in [6.45, 7) is 2.12. The Morgan fingerprint density at radius 2 is 1.61 bits per heavy atom. The molecule has 0 N–H and O–H groups in total. The van der Waals surface area contributed by atoms with Crippen LogP contribution in [0.3, 0.4) is 0 Å². The van der Waals surface area contributed by atoms with Crippen molar-refractivity contribution >= 4 is 11.8 Å². The molecule has 0 amide bonds. The van der Waals surface area contributed by atoms with Gasteiger partial charge < -0.3 is 4.74 Å². The fraction of sp³-hybridized carbons (Fsp3) is 0.467. The highest BCUT2D eigenvalue weighted by Gasteiger charge is 2.07. The first-order valence-corrected chi connectivity index (χ1v) is 6.32. The summed E-state index contributed by atoms with van der Waals surface area (Å²) in [6.07, 6.45) is 2.72. The number of methoxy groups -OCH3 is 1. The number of ether oxygens (including phenoxy) is 1. The number of carbonyl (C=O) groups is 2. The van der Waals surface area contributed by atoms with E-state index in [2.05, 4.69) is 35.9 Å². The number of benzene rings is 1. The summed E-state index contributed by atoms with van der Waals surface area (Å²) < 4.78 is 4.50. The Morgan fingerprint density at radius 3 is 2.17 bits per heavy atom. The van der Waals surface area contributed by atoms with Gasteiger partial charge >= 0.3 is 5.97 Å². The van der Waals surface area contributed by atoms with E-state index in [1.807, 2.05) is 0 Å². The lowest BCUT2D eigenvalue weighted by Gasteiger charge is -2.03. The van der Waals surface area contributed by atoms with Crippen LogP contribution in [0.25, 0.3) is 0 Å². The Balaban J connectivity index is 2.31. The molecule has 3 heteroatoms. The van der Waals surface area contributed by atoms with Crippen LogP contribution in [0.4, 0.5) is 0 Å². The molecule has 3 nitrogen and oxygen atoms in total. The number of carbonyl (C=O) groups excluding carboxylic acids is 2. The van der Waals surface area contributed by atoms with Gasteiger partial charge in [0, 0.05) is 12.8 Å². The van der Waals surface area contributed by atoms with E-state index in [1.54, 1.807) is 0 Å². The van der Waals surface area contributed by atoms with Crippen molar-refractivity contribution in [1.82, 2.24) is 0 Å². The van der Waals surface area contributed by atoms with E-state index in [0.717, 1.165) is 12.8 Å². The molecule has 0 fully saturated rings. The molecule has 0 aromatic heterocycles. The number of aryl methyl sites for hydroxylation is 2. The maximum Gasteiger partial charge on any atom is 0.305 e. The molecule has 0 unspecified atom stereocenters. The smallest absolute Gasteiger partial charge is 0.305 e. The van der Waals surface area contributed by atoms with Gasteiger partial charge in [-0.2, -0.15) is 0 Å². The van der Waals surface area contributed by atoms with Gasteiger partial charge in [0.1, 0.15) is 5.78 Å². The minimum atomic E-state index is -0.323. The van der Waals surface area contributed by atoms with Crippen LogP contribution in [0.1, 0.15) is 37.3 Å². The Hall–Kier alpha value is -1.64. The second-order valence-electron chi connectivity index (χ2n) is 4.28. The van der Waals surface area contributed by atoms with Gasteiger partial charge in [-0.15, -0.1) is 0 Å². The molecule has 0 saturated carbocycles. The minimum absolute atomic E-state index is 0.111. The molecule has 0 aliphatic carbocycles. The van der Waals surface area contributed by atoms with Gasteiger partial charge in [0.15, 0.2) is 0 Å². The van der Waals surface area contributed by atoms with Crippen LogP contribution in [-0.2, 0) is 27.2 Å². The highest BCUT2D eigenvalue weighted by atomic mass is 16.5. The second-order valence-corrected chi connectivity index (χ2v) is 4.28. The van der Waals surface area contributed by atoms with E-state index in [1.165, 1.54) is 18.2 Å². The number of ketones is 1. The first-order chi connectivity index (χ1) is 8.65. The van der Waals surface area contributed by atoms with Crippen molar-refractivity contribution in [3.63, 3.8) is 0 Å². The van der Waals surface area contributed by atoms with Crippen molar-refractivity contribution in [1.29, 1.82) is 0 Å². The third-order valence-corrected chi connectivity index (χ3v) is 2.96. The van der Waals surface area contributed by atoms with Gasteiger partial charge in [0.2, 0.25) is 0 Å². The zero-order chi connectivity index (χ0) is 13.4. The van der Waals surface area contributed by atoms with Gasteiger partial charge in [-0.3, -0.25) is 9.59 Å². The van der Waals surface area contributed by atoms with E-state index in [4.69, 9.17) is 0 Å². The molecule has 18 heavy (non-hydrogen) atoms. The molecule has 0 atom stereocenters. The van der Waals surface area contributed by atoms with Crippen molar-refractivity contribution in [3.8, 4) is 0 Å². The van der Waals surface area contributed by atoms with Crippen molar-refractivity contribution in [3.05, 3.63) is 35.4 Å². The highest BCUT2D eigenvalue weighted by Crippen LogP contribution is 2.08. The number of hydrogen-bond acceptors (Lipinski definition) is 3. The van der Waals surface area contributed by atoms with Gasteiger partial charge in [0.25, 0.3) is 0 Å². The molecule has 0 aliphatic heterocycles. The summed E-state index contributed by atoms with van der Waals surface area (Å²) in [5.41, 5.74) is 2.47. The summed E-state index contributed by atoms with van der Waals surface area (Å²) in [6, 6.07) is 8.31. The number of hydrogen-bond donors (Lipinski definition) is 0. The van der Waals surface area contributed by atoms with Crippen molar-refractivity contribution in [2.75, 3.05) is 7.11 Å². The van der Waals surface area contributed by atoms with E-state index >= 15 is 0 Å². The van der Waals surface area contributed by atoms with E-state index < -0.39 is 0 Å². The summed E-state index contributed by atoms with van der Waals surface area (Å²) >= 11 is 0. The molecule has 1 rings (SSSR count). The zero-order valence-electron chi connectivity index (χ0n) is 11.1. The minimum Gasteiger partial charge on any atom is -0.469 e. The SMILES string of the molecule is CCc1ccc(CCC(=O)CCC(=O)OC)cc1. The maximum atomic E-state index is 11.6. The maximum absolute atomic E-state index is 11.6. The van der Waals surface area contributed by atoms with Crippen molar-refractivity contribution in [2.24, 2.45) is 0 Å². The first kappa shape index (κ1) is 14.4. The molecule has 1 aromatic carbocycles. The molecule has 0 spiro atoms. The molecule has 0 heterocycles. The lowest BCUT2D eigenvalue weighted by atomic mass is 10.0.